The quantitative estimate of drug-likeness (QED) is 0.531. The predicted octanol–water partition coefficient (Wildman–Crippen LogP) is 0.637. The molecule has 80 valence electrons. The lowest BCUT2D eigenvalue weighted by atomic mass is 10.2. The Morgan fingerprint density at radius 3 is 2.21 bits per heavy atom. The molecule has 0 radical (unpaired) electrons. The second-order valence-electron chi connectivity index (χ2n) is 2.00. The van der Waals surface area contributed by atoms with Gasteiger partial charge in [-0.2, -0.15) is 4.39 Å². The van der Waals surface area contributed by atoms with Crippen molar-refractivity contribution in [2.45, 2.75) is 0 Å². The van der Waals surface area contributed by atoms with Gasteiger partial charge in [-0.25, -0.2) is 4.39 Å². The summed E-state index contributed by atoms with van der Waals surface area (Å²) in [4.78, 5) is 0. The zero-order chi connectivity index (χ0) is 9.14. The molecule has 0 fully saturated rings. The second kappa shape index (κ2) is 6.27. The predicted molar refractivity (Wildman–Crippen MR) is 47.2 cm³/mol. The molecule has 0 spiro atoms. The van der Waals surface area contributed by atoms with Crippen molar-refractivity contribution in [1.82, 2.24) is 12.3 Å². The van der Waals surface area contributed by atoms with E-state index in [-0.39, 0.29) is 12.3 Å². The summed E-state index contributed by atoms with van der Waals surface area (Å²) in [6.07, 6.45) is 0. The minimum absolute atomic E-state index is 0. The average Bonchev–Trinajstić information content (AvgIpc) is 1.98. The SMILES string of the molecule is N.N.OB(O)Oc1cccc(F)c1F. The van der Waals surface area contributed by atoms with Gasteiger partial charge in [0.2, 0.25) is 0 Å². The monoisotopic (exact) mass is 208 g/mol. The molecule has 0 aliphatic carbocycles. The van der Waals surface area contributed by atoms with Crippen molar-refractivity contribution in [2.75, 3.05) is 0 Å². The van der Waals surface area contributed by atoms with Gasteiger partial charge in [-0.3, -0.25) is 0 Å². The van der Waals surface area contributed by atoms with Crippen LogP contribution in [0.5, 0.6) is 5.75 Å². The molecule has 0 aromatic heterocycles. The van der Waals surface area contributed by atoms with E-state index in [0.717, 1.165) is 12.1 Å². The van der Waals surface area contributed by atoms with Gasteiger partial charge < -0.3 is 27.0 Å². The van der Waals surface area contributed by atoms with Crippen LogP contribution < -0.4 is 17.0 Å². The van der Waals surface area contributed by atoms with Crippen LogP contribution in [-0.4, -0.2) is 17.4 Å². The third-order valence-electron chi connectivity index (χ3n) is 1.15. The van der Waals surface area contributed by atoms with Crippen molar-refractivity contribution in [3.63, 3.8) is 0 Å². The van der Waals surface area contributed by atoms with Gasteiger partial charge in [0.1, 0.15) is 5.75 Å². The Bertz CT molecular complexity index is 288. The zero-order valence-electron chi connectivity index (χ0n) is 7.28. The highest BCUT2D eigenvalue weighted by molar-refractivity contribution is 6.33. The lowest BCUT2D eigenvalue weighted by molar-refractivity contribution is 0.279. The largest absolute Gasteiger partial charge is 0.707 e. The molecule has 0 bridgehead atoms. The van der Waals surface area contributed by atoms with Crippen LogP contribution in [0, 0.1) is 11.6 Å². The van der Waals surface area contributed by atoms with Crippen molar-refractivity contribution >= 4 is 7.32 Å². The molecule has 0 saturated heterocycles. The topological polar surface area (TPSA) is 120 Å². The number of halogens is 2. The van der Waals surface area contributed by atoms with Crippen LogP contribution in [0.2, 0.25) is 0 Å². The Labute approximate surface area is 79.7 Å². The summed E-state index contributed by atoms with van der Waals surface area (Å²) < 4.78 is 29.2. The summed E-state index contributed by atoms with van der Waals surface area (Å²) in [5.41, 5.74) is 0. The van der Waals surface area contributed by atoms with E-state index in [4.69, 9.17) is 10.0 Å². The van der Waals surface area contributed by atoms with Gasteiger partial charge in [0.05, 0.1) is 0 Å². The van der Waals surface area contributed by atoms with Crippen LogP contribution in [-0.2, 0) is 0 Å². The fraction of sp³-hybridized carbons (Fsp3) is 0. The van der Waals surface area contributed by atoms with Crippen LogP contribution in [0.25, 0.3) is 0 Å². The maximum Gasteiger partial charge on any atom is 0.707 e. The standard InChI is InChI=1S/C6H5BF2O3.2H3N/c8-4-2-1-3-5(6(4)9)12-7(10)11;;/h1-3,10-11H;2*1H3. The van der Waals surface area contributed by atoms with E-state index in [0.29, 0.717) is 0 Å². The van der Waals surface area contributed by atoms with E-state index in [2.05, 4.69) is 4.65 Å². The van der Waals surface area contributed by atoms with Crippen molar-refractivity contribution in [3.05, 3.63) is 29.8 Å². The fourth-order valence-electron chi connectivity index (χ4n) is 0.689. The highest BCUT2D eigenvalue weighted by Crippen LogP contribution is 2.18. The highest BCUT2D eigenvalue weighted by Gasteiger charge is 2.16. The normalized spacial score (nSPS) is 8.29. The highest BCUT2D eigenvalue weighted by atomic mass is 19.2. The van der Waals surface area contributed by atoms with E-state index in [1.54, 1.807) is 0 Å². The Hall–Kier alpha value is -1.22. The molecule has 1 aromatic carbocycles. The number of hydrogen-bond donors (Lipinski definition) is 4. The van der Waals surface area contributed by atoms with E-state index in [9.17, 15) is 8.78 Å². The molecule has 0 unspecified atom stereocenters. The maximum atomic E-state index is 12.6. The molecular weight excluding hydrogens is 197 g/mol. The minimum atomic E-state index is -2.15. The van der Waals surface area contributed by atoms with Crippen LogP contribution in [0.3, 0.4) is 0 Å². The van der Waals surface area contributed by atoms with E-state index in [1.807, 2.05) is 0 Å². The van der Waals surface area contributed by atoms with Gasteiger partial charge >= 0.3 is 7.32 Å². The van der Waals surface area contributed by atoms with Crippen molar-refractivity contribution < 1.29 is 23.5 Å². The van der Waals surface area contributed by atoms with Gasteiger partial charge in [-0.15, -0.1) is 0 Å². The third-order valence-corrected chi connectivity index (χ3v) is 1.15. The van der Waals surface area contributed by atoms with Gasteiger partial charge in [0, 0.05) is 0 Å². The molecule has 0 aliphatic rings. The Morgan fingerprint density at radius 1 is 1.14 bits per heavy atom. The first-order valence-corrected chi connectivity index (χ1v) is 3.08. The van der Waals surface area contributed by atoms with Gasteiger partial charge in [-0.1, -0.05) is 6.07 Å². The number of benzene rings is 1. The Balaban J connectivity index is 0. The number of hydrogen-bond acceptors (Lipinski definition) is 5. The first-order chi connectivity index (χ1) is 5.61. The zero-order valence-corrected chi connectivity index (χ0v) is 7.28. The molecule has 8 N–H and O–H groups in total. The molecule has 0 aliphatic heterocycles. The van der Waals surface area contributed by atoms with E-state index in [1.165, 1.54) is 6.07 Å². The third kappa shape index (κ3) is 3.67. The molecule has 8 heteroatoms. The lowest BCUT2D eigenvalue weighted by Gasteiger charge is -2.04. The van der Waals surface area contributed by atoms with Crippen LogP contribution in [0.1, 0.15) is 0 Å². The van der Waals surface area contributed by atoms with Gasteiger partial charge in [-0.05, 0) is 12.1 Å². The first-order valence-electron chi connectivity index (χ1n) is 3.08. The maximum absolute atomic E-state index is 12.6. The van der Waals surface area contributed by atoms with E-state index >= 15 is 0 Å². The summed E-state index contributed by atoms with van der Waals surface area (Å²) in [6.45, 7) is 0. The molecule has 0 heterocycles. The van der Waals surface area contributed by atoms with Crippen LogP contribution in [0.15, 0.2) is 18.2 Å². The molecule has 1 aromatic rings. The molecule has 0 saturated carbocycles. The number of rotatable bonds is 2. The van der Waals surface area contributed by atoms with Crippen molar-refractivity contribution in [1.29, 1.82) is 0 Å². The smallest absolute Gasteiger partial charge is 0.509 e. The minimum Gasteiger partial charge on any atom is -0.509 e. The summed E-state index contributed by atoms with van der Waals surface area (Å²) in [5, 5.41) is 16.5. The molecule has 14 heavy (non-hydrogen) atoms. The van der Waals surface area contributed by atoms with Crippen molar-refractivity contribution in [2.24, 2.45) is 0 Å². The Kier molecular flexibility index (Phi) is 6.84. The molecule has 0 amide bonds. The molecular formula is C6H11BF2N2O3. The molecule has 0 atom stereocenters. The summed E-state index contributed by atoms with van der Waals surface area (Å²) >= 11 is 0. The van der Waals surface area contributed by atoms with Crippen LogP contribution in [0.4, 0.5) is 8.78 Å². The van der Waals surface area contributed by atoms with Gasteiger partial charge in [0.15, 0.2) is 11.6 Å². The van der Waals surface area contributed by atoms with Gasteiger partial charge in [0.25, 0.3) is 0 Å². The average molecular weight is 208 g/mol. The lowest BCUT2D eigenvalue weighted by Crippen LogP contribution is -2.21. The first kappa shape index (κ1) is 15.3. The Morgan fingerprint density at radius 2 is 1.71 bits per heavy atom. The second-order valence-corrected chi connectivity index (χ2v) is 2.00. The summed E-state index contributed by atoms with van der Waals surface area (Å²) in [5.74, 6) is -2.89. The molecule has 1 rings (SSSR count). The summed E-state index contributed by atoms with van der Waals surface area (Å²) in [6, 6.07) is 3.17. The summed E-state index contributed by atoms with van der Waals surface area (Å²) in [7, 11) is -2.15. The van der Waals surface area contributed by atoms with Crippen molar-refractivity contribution in [3.8, 4) is 5.75 Å². The fourth-order valence-corrected chi connectivity index (χ4v) is 0.689. The van der Waals surface area contributed by atoms with E-state index < -0.39 is 24.7 Å². The molecule has 5 nitrogen and oxygen atoms in total. The van der Waals surface area contributed by atoms with Crippen LogP contribution >= 0.6 is 0 Å².